The summed E-state index contributed by atoms with van der Waals surface area (Å²) in [5, 5.41) is 3.26. The Morgan fingerprint density at radius 1 is 1.06 bits per heavy atom. The first-order valence-electron chi connectivity index (χ1n) is 10.7. The summed E-state index contributed by atoms with van der Waals surface area (Å²) in [5.74, 6) is 0.614. The molecule has 0 bridgehead atoms. The number of hydrogen-bond acceptors (Lipinski definition) is 9. The summed E-state index contributed by atoms with van der Waals surface area (Å²) in [7, 11) is 1.70. The van der Waals surface area contributed by atoms with E-state index in [1.54, 1.807) is 21.0 Å². The summed E-state index contributed by atoms with van der Waals surface area (Å²) in [6, 6.07) is 8.11. The molecule has 0 spiro atoms. The van der Waals surface area contributed by atoms with Gasteiger partial charge in [0.1, 0.15) is 5.75 Å². The lowest BCUT2D eigenvalue weighted by molar-refractivity contribution is -0.139. The van der Waals surface area contributed by atoms with Crippen LogP contribution >= 0.6 is 0 Å². The number of aromatic nitrogens is 2. The second kappa shape index (κ2) is 10.9. The molecule has 1 aromatic carbocycles. The fourth-order valence-corrected chi connectivity index (χ4v) is 3.87. The number of ether oxygens (including phenoxy) is 2. The summed E-state index contributed by atoms with van der Waals surface area (Å²) < 4.78 is 10.3. The van der Waals surface area contributed by atoms with Crippen LogP contribution in [0.3, 0.4) is 0 Å². The van der Waals surface area contributed by atoms with Gasteiger partial charge in [-0.2, -0.15) is 0 Å². The maximum Gasteiger partial charge on any atom is 0.303 e. The van der Waals surface area contributed by atoms with Gasteiger partial charge in [0.05, 0.1) is 29.7 Å². The molecular weight excluding hydrogens is 410 g/mol. The zero-order valence-corrected chi connectivity index (χ0v) is 19.2. The number of methoxy groups -OCH3 is 1. The highest BCUT2D eigenvalue weighted by atomic mass is 16.5. The smallest absolute Gasteiger partial charge is 0.303 e. The number of Topliss-reactive ketones (excluding diaryl/α,β-unsaturated/α-hetero) is 1. The molecule has 172 valence electrons. The van der Waals surface area contributed by atoms with Crippen LogP contribution in [0.15, 0.2) is 24.3 Å². The third kappa shape index (κ3) is 5.94. The van der Waals surface area contributed by atoms with E-state index in [2.05, 4.69) is 31.2 Å². The van der Waals surface area contributed by atoms with Crippen LogP contribution in [0.4, 0.5) is 11.6 Å². The van der Waals surface area contributed by atoms with Crippen LogP contribution in [0.5, 0.6) is 5.75 Å². The van der Waals surface area contributed by atoms with Gasteiger partial charge in [0, 0.05) is 46.2 Å². The Morgan fingerprint density at radius 2 is 1.72 bits per heavy atom. The van der Waals surface area contributed by atoms with Gasteiger partial charge >= 0.3 is 5.97 Å². The second-order valence-electron chi connectivity index (χ2n) is 7.72. The highest BCUT2D eigenvalue weighted by molar-refractivity contribution is 5.99. The van der Waals surface area contributed by atoms with Crippen molar-refractivity contribution in [3.8, 4) is 5.75 Å². The Labute approximate surface area is 188 Å². The number of aryl methyl sites for hydroxylation is 2. The predicted octanol–water partition coefficient (Wildman–Crippen LogP) is 2.08. The number of anilines is 2. The first-order chi connectivity index (χ1) is 15.4. The summed E-state index contributed by atoms with van der Waals surface area (Å²) in [5.41, 5.74) is 2.69. The van der Waals surface area contributed by atoms with Crippen LogP contribution in [0, 0.1) is 13.8 Å². The Kier molecular flexibility index (Phi) is 7.99. The van der Waals surface area contributed by atoms with Gasteiger partial charge in [-0.05, 0) is 26.0 Å². The van der Waals surface area contributed by atoms with Gasteiger partial charge in [-0.25, -0.2) is 9.97 Å². The van der Waals surface area contributed by atoms with E-state index in [-0.39, 0.29) is 12.4 Å². The third-order valence-electron chi connectivity index (χ3n) is 5.47. The molecule has 0 radical (unpaired) electrons. The maximum atomic E-state index is 12.3. The number of esters is 1. The molecular formula is C23H31N5O4. The maximum absolute atomic E-state index is 12.3. The quantitative estimate of drug-likeness (QED) is 0.463. The van der Waals surface area contributed by atoms with E-state index in [0.717, 1.165) is 44.2 Å². The number of ketones is 1. The number of carbonyl (C=O) groups excluding carboxylic acids is 2. The van der Waals surface area contributed by atoms with E-state index < -0.39 is 5.97 Å². The van der Waals surface area contributed by atoms with Crippen LogP contribution in [0.25, 0.3) is 0 Å². The van der Waals surface area contributed by atoms with Crippen molar-refractivity contribution >= 4 is 23.4 Å². The van der Waals surface area contributed by atoms with Crippen molar-refractivity contribution < 1.29 is 19.1 Å². The average molecular weight is 442 g/mol. The number of hydrogen-bond donors (Lipinski definition) is 1. The normalized spacial score (nSPS) is 14.2. The van der Waals surface area contributed by atoms with Gasteiger partial charge in [-0.15, -0.1) is 0 Å². The van der Waals surface area contributed by atoms with E-state index in [0.29, 0.717) is 29.4 Å². The minimum atomic E-state index is -0.489. The number of piperazine rings is 1. The van der Waals surface area contributed by atoms with Crippen molar-refractivity contribution in [3.05, 3.63) is 41.2 Å². The van der Waals surface area contributed by atoms with Gasteiger partial charge in [0.15, 0.2) is 6.61 Å². The molecule has 1 aliphatic heterocycles. The zero-order valence-electron chi connectivity index (χ0n) is 19.2. The molecule has 1 aromatic heterocycles. The molecule has 2 heterocycles. The molecule has 1 N–H and O–H groups in total. The summed E-state index contributed by atoms with van der Waals surface area (Å²) in [6.45, 7) is 9.87. The first kappa shape index (κ1) is 23.5. The Hall–Kier alpha value is -3.20. The number of benzene rings is 1. The highest BCUT2D eigenvalue weighted by Gasteiger charge is 2.20. The van der Waals surface area contributed by atoms with Crippen molar-refractivity contribution in [2.75, 3.05) is 63.2 Å². The molecule has 2 aromatic rings. The van der Waals surface area contributed by atoms with Gasteiger partial charge < -0.3 is 19.7 Å². The molecule has 0 saturated carbocycles. The SMILES string of the molecule is COc1ccccc1N1CCN(CCNc2nc(C)c(C(=O)COC(C)=O)c(C)n2)CC1. The van der Waals surface area contributed by atoms with Gasteiger partial charge in [-0.3, -0.25) is 14.5 Å². The van der Waals surface area contributed by atoms with Crippen molar-refractivity contribution in [1.29, 1.82) is 0 Å². The molecule has 0 aliphatic carbocycles. The molecule has 3 rings (SSSR count). The lowest BCUT2D eigenvalue weighted by atomic mass is 10.1. The lowest BCUT2D eigenvalue weighted by Gasteiger charge is -2.36. The monoisotopic (exact) mass is 441 g/mol. The fraction of sp³-hybridized carbons (Fsp3) is 0.478. The standard InChI is InChI=1S/C23H31N5O4/c1-16-22(20(30)15-32-18(3)29)17(2)26-23(25-16)24-9-10-27-11-13-28(14-12-27)19-7-5-6-8-21(19)31-4/h5-8H,9-15H2,1-4H3,(H,24,25,26). The summed E-state index contributed by atoms with van der Waals surface area (Å²) in [6.07, 6.45) is 0. The van der Waals surface area contributed by atoms with E-state index in [1.165, 1.54) is 6.92 Å². The first-order valence-corrected chi connectivity index (χ1v) is 10.7. The minimum Gasteiger partial charge on any atom is -0.495 e. The minimum absolute atomic E-state index is 0.297. The lowest BCUT2D eigenvalue weighted by Crippen LogP contribution is -2.47. The molecule has 0 unspecified atom stereocenters. The molecule has 1 saturated heterocycles. The van der Waals surface area contributed by atoms with Crippen LogP contribution in [-0.2, 0) is 9.53 Å². The van der Waals surface area contributed by atoms with E-state index in [1.807, 2.05) is 18.2 Å². The molecule has 1 aliphatic rings. The fourth-order valence-electron chi connectivity index (χ4n) is 3.87. The van der Waals surface area contributed by atoms with Crippen LogP contribution in [0.1, 0.15) is 28.7 Å². The highest BCUT2D eigenvalue weighted by Crippen LogP contribution is 2.28. The number of rotatable bonds is 9. The number of nitrogens with one attached hydrogen (secondary N) is 1. The summed E-state index contributed by atoms with van der Waals surface area (Å²) in [4.78, 5) is 36.8. The number of nitrogens with zero attached hydrogens (tertiary/aromatic N) is 4. The van der Waals surface area contributed by atoms with Gasteiger partial charge in [0.25, 0.3) is 0 Å². The molecule has 0 atom stereocenters. The van der Waals surface area contributed by atoms with Crippen molar-refractivity contribution in [2.24, 2.45) is 0 Å². The molecule has 9 heteroatoms. The molecule has 32 heavy (non-hydrogen) atoms. The largest absolute Gasteiger partial charge is 0.495 e. The van der Waals surface area contributed by atoms with Crippen molar-refractivity contribution in [1.82, 2.24) is 14.9 Å². The van der Waals surface area contributed by atoms with E-state index in [4.69, 9.17) is 9.47 Å². The third-order valence-corrected chi connectivity index (χ3v) is 5.47. The van der Waals surface area contributed by atoms with Crippen molar-refractivity contribution in [3.63, 3.8) is 0 Å². The van der Waals surface area contributed by atoms with Gasteiger partial charge in [-0.1, -0.05) is 12.1 Å². The Bertz CT molecular complexity index is 934. The molecule has 9 nitrogen and oxygen atoms in total. The molecule has 0 amide bonds. The predicted molar refractivity (Wildman–Crippen MR) is 123 cm³/mol. The summed E-state index contributed by atoms with van der Waals surface area (Å²) >= 11 is 0. The molecule has 1 fully saturated rings. The number of para-hydroxylation sites is 2. The Balaban J connectivity index is 1.49. The Morgan fingerprint density at radius 3 is 2.34 bits per heavy atom. The average Bonchev–Trinajstić information content (AvgIpc) is 2.77. The van der Waals surface area contributed by atoms with E-state index >= 15 is 0 Å². The van der Waals surface area contributed by atoms with Gasteiger partial charge in [0.2, 0.25) is 11.7 Å². The van der Waals surface area contributed by atoms with Crippen molar-refractivity contribution in [2.45, 2.75) is 20.8 Å². The topological polar surface area (TPSA) is 96.9 Å². The zero-order chi connectivity index (χ0) is 23.1. The van der Waals surface area contributed by atoms with E-state index in [9.17, 15) is 9.59 Å². The van der Waals surface area contributed by atoms with Crippen LogP contribution in [0.2, 0.25) is 0 Å². The second-order valence-corrected chi connectivity index (χ2v) is 7.72. The van der Waals surface area contributed by atoms with Crippen LogP contribution in [-0.4, -0.2) is 79.6 Å². The van der Waals surface area contributed by atoms with Crippen LogP contribution < -0.4 is 15.0 Å². The number of carbonyl (C=O) groups is 2.